The van der Waals surface area contributed by atoms with Gasteiger partial charge in [-0.2, -0.15) is 0 Å². The van der Waals surface area contributed by atoms with Crippen LogP contribution in [0.5, 0.6) is 0 Å². The monoisotopic (exact) mass is 250 g/mol. The molecule has 1 aromatic heterocycles. The van der Waals surface area contributed by atoms with Gasteiger partial charge in [-0.3, -0.25) is 0 Å². The van der Waals surface area contributed by atoms with Crippen LogP contribution >= 0.6 is 0 Å². The molecule has 0 aromatic carbocycles. The third-order valence-electron chi connectivity index (χ3n) is 3.94. The molecule has 2 rings (SSSR count). The van der Waals surface area contributed by atoms with Crippen LogP contribution in [0.25, 0.3) is 0 Å². The maximum atomic E-state index is 4.12. The van der Waals surface area contributed by atoms with E-state index in [1.54, 1.807) is 6.33 Å². The van der Waals surface area contributed by atoms with Crippen LogP contribution in [-0.2, 0) is 13.6 Å². The molecule has 4 nitrogen and oxygen atoms in total. The molecule has 1 heterocycles. The fourth-order valence-corrected chi connectivity index (χ4v) is 3.06. The first-order valence-electron chi connectivity index (χ1n) is 7.21. The molecule has 0 amide bonds. The maximum Gasteiger partial charge on any atom is 0.146 e. The third-order valence-corrected chi connectivity index (χ3v) is 3.94. The highest BCUT2D eigenvalue weighted by Gasteiger charge is 2.22. The van der Waals surface area contributed by atoms with E-state index in [9.17, 15) is 0 Å². The first kappa shape index (κ1) is 13.5. The van der Waals surface area contributed by atoms with Gasteiger partial charge in [0.05, 0.1) is 6.54 Å². The standard InChI is InChI=1S/C14H26N4/c1-11(2)7-12-5-4-6-13(8-12)15-9-14-17-16-10-18(14)3/h10-13,15H,4-9H2,1-3H3. The highest BCUT2D eigenvalue weighted by atomic mass is 15.3. The van der Waals surface area contributed by atoms with Crippen LogP contribution in [0.1, 0.15) is 51.8 Å². The highest BCUT2D eigenvalue weighted by molar-refractivity contribution is 4.86. The Hall–Kier alpha value is -0.900. The number of hydrogen-bond acceptors (Lipinski definition) is 3. The zero-order valence-electron chi connectivity index (χ0n) is 11.9. The molecule has 4 heteroatoms. The molecule has 1 saturated carbocycles. The Morgan fingerprint density at radius 1 is 1.44 bits per heavy atom. The van der Waals surface area contributed by atoms with Gasteiger partial charge in [-0.1, -0.05) is 26.7 Å². The van der Waals surface area contributed by atoms with Crippen molar-refractivity contribution in [3.63, 3.8) is 0 Å². The van der Waals surface area contributed by atoms with E-state index in [0.717, 1.165) is 24.2 Å². The summed E-state index contributed by atoms with van der Waals surface area (Å²) in [7, 11) is 2.00. The summed E-state index contributed by atoms with van der Waals surface area (Å²) in [4.78, 5) is 0. The molecule has 102 valence electrons. The van der Waals surface area contributed by atoms with E-state index in [1.807, 2.05) is 11.6 Å². The number of aryl methyl sites for hydroxylation is 1. The van der Waals surface area contributed by atoms with Gasteiger partial charge in [-0.15, -0.1) is 10.2 Å². The molecule has 2 atom stereocenters. The largest absolute Gasteiger partial charge is 0.320 e. The normalized spacial score (nSPS) is 24.7. The molecule has 1 aliphatic rings. The molecule has 18 heavy (non-hydrogen) atoms. The van der Waals surface area contributed by atoms with Crippen molar-refractivity contribution < 1.29 is 0 Å². The summed E-state index contributed by atoms with van der Waals surface area (Å²) in [5, 5.41) is 11.7. The molecule has 1 N–H and O–H groups in total. The minimum atomic E-state index is 0.666. The summed E-state index contributed by atoms with van der Waals surface area (Å²) in [6.07, 6.45) is 8.57. The minimum Gasteiger partial charge on any atom is -0.320 e. The van der Waals surface area contributed by atoms with E-state index >= 15 is 0 Å². The fourth-order valence-electron chi connectivity index (χ4n) is 3.06. The van der Waals surface area contributed by atoms with Gasteiger partial charge < -0.3 is 9.88 Å². The van der Waals surface area contributed by atoms with Crippen LogP contribution in [0, 0.1) is 11.8 Å². The Balaban J connectivity index is 1.77. The van der Waals surface area contributed by atoms with E-state index < -0.39 is 0 Å². The number of nitrogens with zero attached hydrogens (tertiary/aromatic N) is 3. The molecule has 1 aliphatic carbocycles. The topological polar surface area (TPSA) is 42.7 Å². The molecule has 0 radical (unpaired) electrons. The minimum absolute atomic E-state index is 0.666. The lowest BCUT2D eigenvalue weighted by atomic mass is 9.81. The smallest absolute Gasteiger partial charge is 0.146 e. The quantitative estimate of drug-likeness (QED) is 0.873. The highest BCUT2D eigenvalue weighted by Crippen LogP contribution is 2.29. The Morgan fingerprint density at radius 3 is 2.94 bits per heavy atom. The molecule has 0 spiro atoms. The van der Waals surface area contributed by atoms with Gasteiger partial charge in [0.15, 0.2) is 0 Å². The average molecular weight is 250 g/mol. The zero-order valence-corrected chi connectivity index (χ0v) is 11.9. The Labute approximate surface area is 110 Å². The summed E-state index contributed by atoms with van der Waals surface area (Å²) in [6, 6.07) is 0.666. The molecule has 0 saturated heterocycles. The van der Waals surface area contributed by atoms with Crippen molar-refractivity contribution in [1.82, 2.24) is 20.1 Å². The molecule has 0 bridgehead atoms. The van der Waals surface area contributed by atoms with E-state index in [4.69, 9.17) is 0 Å². The van der Waals surface area contributed by atoms with Gasteiger partial charge in [0.25, 0.3) is 0 Å². The van der Waals surface area contributed by atoms with E-state index in [-0.39, 0.29) is 0 Å². The lowest BCUT2D eigenvalue weighted by Crippen LogP contribution is -2.34. The van der Waals surface area contributed by atoms with Crippen molar-refractivity contribution in [2.24, 2.45) is 18.9 Å². The third kappa shape index (κ3) is 3.80. The van der Waals surface area contributed by atoms with Gasteiger partial charge in [0.1, 0.15) is 12.2 Å². The Kier molecular flexibility index (Phi) is 4.75. The van der Waals surface area contributed by atoms with Crippen LogP contribution in [0.3, 0.4) is 0 Å². The van der Waals surface area contributed by atoms with Gasteiger partial charge >= 0.3 is 0 Å². The Morgan fingerprint density at radius 2 is 2.28 bits per heavy atom. The number of nitrogens with one attached hydrogen (secondary N) is 1. The predicted octanol–water partition coefficient (Wildman–Crippen LogP) is 2.51. The van der Waals surface area contributed by atoms with Crippen molar-refractivity contribution in [2.45, 2.75) is 58.5 Å². The SMILES string of the molecule is CC(C)CC1CCCC(NCc2nncn2C)C1. The molecular weight excluding hydrogens is 224 g/mol. The van der Waals surface area contributed by atoms with Gasteiger partial charge in [-0.05, 0) is 31.1 Å². The zero-order chi connectivity index (χ0) is 13.0. The first-order chi connectivity index (χ1) is 8.65. The number of rotatable bonds is 5. The lowest BCUT2D eigenvalue weighted by Gasteiger charge is -2.30. The lowest BCUT2D eigenvalue weighted by molar-refractivity contribution is 0.250. The van der Waals surface area contributed by atoms with E-state index in [0.29, 0.717) is 6.04 Å². The summed E-state index contributed by atoms with van der Waals surface area (Å²) in [6.45, 7) is 5.50. The second-order valence-electron chi connectivity index (χ2n) is 6.10. The fraction of sp³-hybridized carbons (Fsp3) is 0.857. The average Bonchev–Trinajstić information content (AvgIpc) is 2.72. The summed E-state index contributed by atoms with van der Waals surface area (Å²) in [5.41, 5.74) is 0. The van der Waals surface area contributed by atoms with E-state index in [1.165, 1.54) is 32.1 Å². The van der Waals surface area contributed by atoms with Gasteiger partial charge in [0.2, 0.25) is 0 Å². The van der Waals surface area contributed by atoms with Crippen LogP contribution in [-0.4, -0.2) is 20.8 Å². The van der Waals surface area contributed by atoms with Crippen LogP contribution in [0.15, 0.2) is 6.33 Å². The van der Waals surface area contributed by atoms with Crippen LogP contribution in [0.4, 0.5) is 0 Å². The summed E-state index contributed by atoms with van der Waals surface area (Å²) < 4.78 is 1.99. The predicted molar refractivity (Wildman–Crippen MR) is 73.0 cm³/mol. The molecule has 2 unspecified atom stereocenters. The van der Waals surface area contributed by atoms with Gasteiger partial charge in [-0.25, -0.2) is 0 Å². The number of aromatic nitrogens is 3. The van der Waals surface area contributed by atoms with Crippen molar-refractivity contribution >= 4 is 0 Å². The van der Waals surface area contributed by atoms with Gasteiger partial charge in [0, 0.05) is 13.1 Å². The molecule has 1 aromatic rings. The molecular formula is C14H26N4. The summed E-state index contributed by atoms with van der Waals surface area (Å²) >= 11 is 0. The van der Waals surface area contributed by atoms with Crippen LogP contribution < -0.4 is 5.32 Å². The second-order valence-corrected chi connectivity index (χ2v) is 6.10. The summed E-state index contributed by atoms with van der Waals surface area (Å²) in [5.74, 6) is 2.77. The van der Waals surface area contributed by atoms with Crippen molar-refractivity contribution in [3.8, 4) is 0 Å². The Bertz CT molecular complexity index is 358. The van der Waals surface area contributed by atoms with Crippen molar-refractivity contribution in [1.29, 1.82) is 0 Å². The second kappa shape index (κ2) is 6.32. The molecule has 1 fully saturated rings. The molecule has 0 aliphatic heterocycles. The van der Waals surface area contributed by atoms with Crippen molar-refractivity contribution in [2.75, 3.05) is 0 Å². The maximum absolute atomic E-state index is 4.12. The van der Waals surface area contributed by atoms with Crippen molar-refractivity contribution in [3.05, 3.63) is 12.2 Å². The van der Waals surface area contributed by atoms with E-state index in [2.05, 4.69) is 29.4 Å². The van der Waals surface area contributed by atoms with Crippen LogP contribution in [0.2, 0.25) is 0 Å². The first-order valence-corrected chi connectivity index (χ1v) is 7.21. The number of hydrogen-bond donors (Lipinski definition) is 1.